The molecule has 0 radical (unpaired) electrons. The number of anilines is 3. The molecule has 0 amide bonds. The summed E-state index contributed by atoms with van der Waals surface area (Å²) >= 11 is 1.28. The first-order valence-electron chi connectivity index (χ1n) is 12.2. The van der Waals surface area contributed by atoms with Crippen LogP contribution in [0.25, 0.3) is 21.1 Å². The molecule has 0 spiro atoms. The summed E-state index contributed by atoms with van der Waals surface area (Å²) in [5.41, 5.74) is 4.45. The maximum absolute atomic E-state index is 15.2. The molecule has 4 aromatic rings. The van der Waals surface area contributed by atoms with Crippen LogP contribution in [0.3, 0.4) is 0 Å². The standard InChI is InChI=1S/C26H29FN6O2S/c1-15-10-32(3)6-7-33(15)18-8-21-23(22(9-18)35-16(2)17-11-34-12-17)26(29-13-28-21)31-19-4-5-20-25(24(19)27)36-14-30-20/h4-5,8-9,13-17H,6-7,10-12H2,1-3H3,(H,28,29,31)/t15-,16+/m1/s1. The van der Waals surface area contributed by atoms with Gasteiger partial charge in [-0.1, -0.05) is 0 Å². The van der Waals surface area contributed by atoms with Gasteiger partial charge >= 0.3 is 0 Å². The first kappa shape index (κ1) is 23.3. The molecule has 10 heteroatoms. The molecule has 0 unspecified atom stereocenters. The van der Waals surface area contributed by atoms with E-state index in [4.69, 9.17) is 9.47 Å². The summed E-state index contributed by atoms with van der Waals surface area (Å²) in [5, 5.41) is 3.94. The fourth-order valence-corrected chi connectivity index (χ4v) is 5.68. The lowest BCUT2D eigenvalue weighted by atomic mass is 10.0. The first-order valence-corrected chi connectivity index (χ1v) is 13.1. The zero-order chi connectivity index (χ0) is 24.8. The largest absolute Gasteiger partial charge is 0.489 e. The molecule has 8 nitrogen and oxygen atoms in total. The van der Waals surface area contributed by atoms with Gasteiger partial charge in [-0.15, -0.1) is 11.3 Å². The molecule has 36 heavy (non-hydrogen) atoms. The average Bonchev–Trinajstić information content (AvgIpc) is 3.29. The highest BCUT2D eigenvalue weighted by Crippen LogP contribution is 2.39. The third-order valence-corrected chi connectivity index (χ3v) is 8.02. The fraction of sp³-hybridized carbons (Fsp3) is 0.423. The molecule has 2 aromatic heterocycles. The number of hydrogen-bond donors (Lipinski definition) is 1. The van der Waals surface area contributed by atoms with E-state index in [0.29, 0.717) is 52.6 Å². The number of benzene rings is 2. The Morgan fingerprint density at radius 3 is 2.81 bits per heavy atom. The Bertz CT molecular complexity index is 1410. The molecule has 0 aliphatic carbocycles. The van der Waals surface area contributed by atoms with Crippen LogP contribution >= 0.6 is 11.3 Å². The molecule has 2 saturated heterocycles. The molecule has 2 aliphatic rings. The van der Waals surface area contributed by atoms with Crippen LogP contribution < -0.4 is 15.0 Å². The maximum atomic E-state index is 15.2. The smallest absolute Gasteiger partial charge is 0.166 e. The van der Waals surface area contributed by atoms with E-state index in [9.17, 15) is 0 Å². The third kappa shape index (κ3) is 4.23. The molecular formula is C26H29FN6O2S. The van der Waals surface area contributed by atoms with E-state index in [1.165, 1.54) is 17.7 Å². The Labute approximate surface area is 213 Å². The van der Waals surface area contributed by atoms with Crippen molar-refractivity contribution in [3.05, 3.63) is 41.9 Å². The van der Waals surface area contributed by atoms with Crippen molar-refractivity contribution in [2.24, 2.45) is 5.92 Å². The Balaban J connectivity index is 1.43. The quantitative estimate of drug-likeness (QED) is 0.403. The van der Waals surface area contributed by atoms with Crippen LogP contribution in [0.1, 0.15) is 13.8 Å². The third-order valence-electron chi connectivity index (χ3n) is 7.18. The number of nitrogens with one attached hydrogen (secondary N) is 1. The normalized spacial score (nSPS) is 20.0. The van der Waals surface area contributed by atoms with Gasteiger partial charge in [-0.3, -0.25) is 0 Å². The summed E-state index contributed by atoms with van der Waals surface area (Å²) in [6, 6.07) is 8.02. The lowest BCUT2D eigenvalue weighted by Gasteiger charge is -2.40. The van der Waals surface area contributed by atoms with E-state index in [0.717, 1.165) is 36.2 Å². The Kier molecular flexibility index (Phi) is 6.10. The summed E-state index contributed by atoms with van der Waals surface area (Å²) < 4.78 is 27.7. The van der Waals surface area contributed by atoms with Gasteiger partial charge in [0.2, 0.25) is 0 Å². The average molecular weight is 509 g/mol. The number of piperazine rings is 1. The van der Waals surface area contributed by atoms with Crippen molar-refractivity contribution in [3.63, 3.8) is 0 Å². The summed E-state index contributed by atoms with van der Waals surface area (Å²) in [6.07, 6.45) is 1.47. The maximum Gasteiger partial charge on any atom is 0.166 e. The van der Waals surface area contributed by atoms with E-state index in [-0.39, 0.29) is 11.9 Å². The van der Waals surface area contributed by atoms with Crippen molar-refractivity contribution in [2.45, 2.75) is 26.0 Å². The Hall–Kier alpha value is -3.08. The fourth-order valence-electron chi connectivity index (χ4n) is 4.96. The van der Waals surface area contributed by atoms with Crippen molar-refractivity contribution in [1.82, 2.24) is 19.9 Å². The number of halogens is 1. The van der Waals surface area contributed by atoms with Gasteiger partial charge in [0, 0.05) is 43.3 Å². The van der Waals surface area contributed by atoms with Gasteiger partial charge in [-0.25, -0.2) is 19.3 Å². The highest BCUT2D eigenvalue weighted by molar-refractivity contribution is 7.16. The summed E-state index contributed by atoms with van der Waals surface area (Å²) in [5.74, 6) is 1.19. The number of aromatic nitrogens is 3. The van der Waals surface area contributed by atoms with Gasteiger partial charge in [0.05, 0.1) is 45.5 Å². The lowest BCUT2D eigenvalue weighted by Crippen LogP contribution is -2.50. The topological polar surface area (TPSA) is 75.6 Å². The molecule has 2 fully saturated rings. The summed E-state index contributed by atoms with van der Waals surface area (Å²) in [4.78, 5) is 18.0. The van der Waals surface area contributed by atoms with Crippen molar-refractivity contribution >= 4 is 49.6 Å². The molecule has 4 heterocycles. The van der Waals surface area contributed by atoms with Crippen LogP contribution in [0, 0.1) is 11.7 Å². The number of hydrogen-bond acceptors (Lipinski definition) is 9. The monoisotopic (exact) mass is 508 g/mol. The van der Waals surface area contributed by atoms with Gasteiger partial charge in [-0.2, -0.15) is 0 Å². The molecule has 2 aliphatic heterocycles. The summed E-state index contributed by atoms with van der Waals surface area (Å²) in [6.45, 7) is 8.58. The highest BCUT2D eigenvalue weighted by Gasteiger charge is 2.29. The number of likely N-dealkylation sites (N-methyl/N-ethyl adjacent to an activating group) is 1. The second kappa shape index (κ2) is 9.42. The van der Waals surface area contributed by atoms with Gasteiger partial charge in [0.25, 0.3) is 0 Å². The predicted molar refractivity (Wildman–Crippen MR) is 141 cm³/mol. The second-order valence-corrected chi connectivity index (χ2v) is 10.6. The van der Waals surface area contributed by atoms with Crippen LogP contribution in [-0.4, -0.2) is 71.9 Å². The zero-order valence-electron chi connectivity index (χ0n) is 20.6. The van der Waals surface area contributed by atoms with Crippen molar-refractivity contribution in [1.29, 1.82) is 0 Å². The Morgan fingerprint density at radius 2 is 2.03 bits per heavy atom. The van der Waals surface area contributed by atoms with E-state index in [1.54, 1.807) is 11.6 Å². The number of thiazole rings is 1. The van der Waals surface area contributed by atoms with Gasteiger partial charge in [0.15, 0.2) is 5.82 Å². The first-order chi connectivity index (χ1) is 17.5. The zero-order valence-corrected chi connectivity index (χ0v) is 21.4. The molecule has 1 N–H and O–H groups in total. The molecule has 2 aromatic carbocycles. The van der Waals surface area contributed by atoms with E-state index in [1.807, 2.05) is 6.07 Å². The van der Waals surface area contributed by atoms with Crippen LogP contribution in [-0.2, 0) is 4.74 Å². The van der Waals surface area contributed by atoms with E-state index >= 15 is 4.39 Å². The van der Waals surface area contributed by atoms with Gasteiger partial charge < -0.3 is 24.6 Å². The van der Waals surface area contributed by atoms with Crippen LogP contribution in [0.5, 0.6) is 5.75 Å². The van der Waals surface area contributed by atoms with Gasteiger partial charge in [0.1, 0.15) is 24.0 Å². The number of nitrogens with zero attached hydrogens (tertiary/aromatic N) is 5. The number of fused-ring (bicyclic) bond motifs is 2. The van der Waals surface area contributed by atoms with Crippen molar-refractivity contribution < 1.29 is 13.9 Å². The molecule has 2 atom stereocenters. The minimum Gasteiger partial charge on any atom is -0.489 e. The number of rotatable bonds is 6. The van der Waals surface area contributed by atoms with Crippen LogP contribution in [0.15, 0.2) is 36.1 Å². The molecule has 6 rings (SSSR count). The van der Waals surface area contributed by atoms with Crippen LogP contribution in [0.2, 0.25) is 0 Å². The van der Waals surface area contributed by atoms with Crippen molar-refractivity contribution in [2.75, 3.05) is 50.1 Å². The molecule has 0 saturated carbocycles. The minimum absolute atomic E-state index is 0.0413. The Morgan fingerprint density at radius 1 is 1.17 bits per heavy atom. The number of ether oxygens (including phenoxy) is 2. The van der Waals surface area contributed by atoms with E-state index in [2.05, 4.69) is 63.1 Å². The van der Waals surface area contributed by atoms with Crippen LogP contribution in [0.4, 0.5) is 21.6 Å². The highest BCUT2D eigenvalue weighted by atomic mass is 32.1. The molecule has 0 bridgehead atoms. The van der Waals surface area contributed by atoms with E-state index < -0.39 is 0 Å². The SMILES string of the molecule is C[C@H](Oc1cc(N2CCN(C)C[C@H]2C)cc2ncnc(Nc3ccc4ncsc4c3F)c12)C1COC1. The summed E-state index contributed by atoms with van der Waals surface area (Å²) in [7, 11) is 2.15. The van der Waals surface area contributed by atoms with Crippen molar-refractivity contribution in [3.8, 4) is 5.75 Å². The second-order valence-electron chi connectivity index (χ2n) is 9.74. The predicted octanol–water partition coefficient (Wildman–Crippen LogP) is 4.68. The molecular weight excluding hydrogens is 479 g/mol. The van der Waals surface area contributed by atoms with Gasteiger partial charge in [-0.05, 0) is 39.1 Å². The lowest BCUT2D eigenvalue weighted by molar-refractivity contribution is -0.0773. The molecule has 188 valence electrons. The minimum atomic E-state index is -0.341.